The van der Waals surface area contributed by atoms with Crippen LogP contribution in [0.15, 0.2) is 24.3 Å². The van der Waals surface area contributed by atoms with Gasteiger partial charge in [0, 0.05) is 25.0 Å². The van der Waals surface area contributed by atoms with Crippen molar-refractivity contribution in [1.82, 2.24) is 4.90 Å². The van der Waals surface area contributed by atoms with Crippen LogP contribution in [0.4, 0.5) is 0 Å². The number of hydrogen-bond donors (Lipinski definition) is 1. The maximum absolute atomic E-state index is 5.86. The topological polar surface area (TPSA) is 29.3 Å². The molecule has 1 aromatic rings. The van der Waals surface area contributed by atoms with Gasteiger partial charge in [0.25, 0.3) is 0 Å². The Bertz CT molecular complexity index is 314. The van der Waals surface area contributed by atoms with Crippen LogP contribution in [0.5, 0.6) is 0 Å². The summed E-state index contributed by atoms with van der Waals surface area (Å²) in [6.45, 7) is 4.40. The average molecular weight is 190 g/mol. The van der Waals surface area contributed by atoms with Gasteiger partial charge in [-0.25, -0.2) is 0 Å². The minimum atomic E-state index is 0.146. The highest BCUT2D eigenvalue weighted by molar-refractivity contribution is 5.29. The number of nitrogens with two attached hydrogens (primary N) is 1. The van der Waals surface area contributed by atoms with Crippen molar-refractivity contribution in [3.8, 4) is 0 Å². The number of hydrogen-bond acceptors (Lipinski definition) is 2. The van der Waals surface area contributed by atoms with Crippen LogP contribution in [-0.2, 0) is 0 Å². The molecule has 2 N–H and O–H groups in total. The SMILES string of the molecule is CC(N)c1cccc(C2CN(C)C2)c1. The molecule has 1 aliphatic heterocycles. The maximum Gasteiger partial charge on any atom is 0.0266 e. The lowest BCUT2D eigenvalue weighted by molar-refractivity contribution is 0.189. The Hall–Kier alpha value is -0.860. The van der Waals surface area contributed by atoms with E-state index in [0.717, 1.165) is 5.92 Å². The summed E-state index contributed by atoms with van der Waals surface area (Å²) < 4.78 is 0. The minimum Gasteiger partial charge on any atom is -0.324 e. The third kappa shape index (κ3) is 1.81. The summed E-state index contributed by atoms with van der Waals surface area (Å²) in [6, 6.07) is 8.84. The smallest absolute Gasteiger partial charge is 0.0266 e. The highest BCUT2D eigenvalue weighted by Gasteiger charge is 2.24. The van der Waals surface area contributed by atoms with Crippen molar-refractivity contribution >= 4 is 0 Å². The summed E-state index contributed by atoms with van der Waals surface area (Å²) in [5.41, 5.74) is 8.55. The molecule has 0 radical (unpaired) electrons. The molecule has 1 saturated heterocycles. The standard InChI is InChI=1S/C12H18N2/c1-9(13)10-4-3-5-11(6-10)12-7-14(2)8-12/h3-6,9,12H,7-8,13H2,1-2H3. The minimum absolute atomic E-state index is 0.146. The van der Waals surface area contributed by atoms with Gasteiger partial charge in [0.1, 0.15) is 0 Å². The van der Waals surface area contributed by atoms with Crippen LogP contribution in [0.25, 0.3) is 0 Å². The van der Waals surface area contributed by atoms with Gasteiger partial charge in [-0.3, -0.25) is 0 Å². The molecule has 1 unspecified atom stereocenters. The second-order valence-corrected chi connectivity index (χ2v) is 4.38. The van der Waals surface area contributed by atoms with Crippen molar-refractivity contribution in [1.29, 1.82) is 0 Å². The molecule has 0 bridgehead atoms. The first kappa shape index (κ1) is 9.69. The molecule has 1 atom stereocenters. The second kappa shape index (κ2) is 3.71. The summed E-state index contributed by atoms with van der Waals surface area (Å²) >= 11 is 0. The van der Waals surface area contributed by atoms with Gasteiger partial charge in [-0.05, 0) is 25.1 Å². The van der Waals surface area contributed by atoms with E-state index in [-0.39, 0.29) is 6.04 Å². The molecule has 14 heavy (non-hydrogen) atoms. The fraction of sp³-hybridized carbons (Fsp3) is 0.500. The molecule has 1 heterocycles. The molecule has 76 valence electrons. The quantitative estimate of drug-likeness (QED) is 0.769. The average Bonchev–Trinajstić information content (AvgIpc) is 2.13. The fourth-order valence-electron chi connectivity index (χ4n) is 2.01. The molecule has 0 saturated carbocycles. The normalized spacial score (nSPS) is 20.5. The lowest BCUT2D eigenvalue weighted by Gasteiger charge is -2.36. The molecule has 2 heteroatoms. The van der Waals surface area contributed by atoms with E-state index in [1.165, 1.54) is 24.2 Å². The van der Waals surface area contributed by atoms with E-state index in [1.807, 2.05) is 6.92 Å². The van der Waals surface area contributed by atoms with Crippen molar-refractivity contribution in [2.45, 2.75) is 18.9 Å². The molecule has 1 aromatic carbocycles. The molecule has 1 fully saturated rings. The molecule has 0 amide bonds. The van der Waals surface area contributed by atoms with Crippen molar-refractivity contribution in [3.05, 3.63) is 35.4 Å². The van der Waals surface area contributed by atoms with Crippen LogP contribution in [0.1, 0.15) is 30.0 Å². The van der Waals surface area contributed by atoms with Gasteiger partial charge < -0.3 is 10.6 Å². The summed E-state index contributed by atoms with van der Waals surface area (Å²) in [6.07, 6.45) is 0. The second-order valence-electron chi connectivity index (χ2n) is 4.38. The van der Waals surface area contributed by atoms with E-state index in [2.05, 4.69) is 36.2 Å². The number of rotatable bonds is 2. The van der Waals surface area contributed by atoms with Crippen molar-refractivity contribution in [2.24, 2.45) is 5.73 Å². The summed E-state index contributed by atoms with van der Waals surface area (Å²) in [7, 11) is 2.16. The van der Waals surface area contributed by atoms with Crippen LogP contribution in [0.2, 0.25) is 0 Å². The Morgan fingerprint density at radius 2 is 2.14 bits per heavy atom. The lowest BCUT2D eigenvalue weighted by Crippen LogP contribution is -2.41. The number of nitrogens with zero attached hydrogens (tertiary/aromatic N) is 1. The molecule has 0 aliphatic carbocycles. The van der Waals surface area contributed by atoms with E-state index < -0.39 is 0 Å². The Kier molecular flexibility index (Phi) is 2.57. The Balaban J connectivity index is 2.14. The Morgan fingerprint density at radius 3 is 2.71 bits per heavy atom. The molecular weight excluding hydrogens is 172 g/mol. The summed E-state index contributed by atoms with van der Waals surface area (Å²) in [5, 5.41) is 0. The van der Waals surface area contributed by atoms with Crippen LogP contribution in [0, 0.1) is 0 Å². The van der Waals surface area contributed by atoms with Gasteiger partial charge in [0.15, 0.2) is 0 Å². The zero-order chi connectivity index (χ0) is 10.1. The number of likely N-dealkylation sites (N-methyl/N-ethyl adjacent to an activating group) is 1. The largest absolute Gasteiger partial charge is 0.324 e. The third-order valence-electron chi connectivity index (χ3n) is 2.97. The van der Waals surface area contributed by atoms with Crippen molar-refractivity contribution < 1.29 is 0 Å². The number of likely N-dealkylation sites (tertiary alicyclic amines) is 1. The molecular formula is C12H18N2. The van der Waals surface area contributed by atoms with Crippen molar-refractivity contribution in [3.63, 3.8) is 0 Å². The number of benzene rings is 1. The van der Waals surface area contributed by atoms with E-state index in [9.17, 15) is 0 Å². The fourth-order valence-corrected chi connectivity index (χ4v) is 2.01. The van der Waals surface area contributed by atoms with Gasteiger partial charge in [0.05, 0.1) is 0 Å². The first-order valence-corrected chi connectivity index (χ1v) is 5.21. The first-order valence-electron chi connectivity index (χ1n) is 5.21. The predicted octanol–water partition coefficient (Wildman–Crippen LogP) is 1.74. The van der Waals surface area contributed by atoms with Gasteiger partial charge in [-0.1, -0.05) is 24.3 Å². The maximum atomic E-state index is 5.86. The van der Waals surface area contributed by atoms with Gasteiger partial charge >= 0.3 is 0 Å². The highest BCUT2D eigenvalue weighted by atomic mass is 15.2. The molecule has 2 rings (SSSR count). The van der Waals surface area contributed by atoms with E-state index in [1.54, 1.807) is 0 Å². The van der Waals surface area contributed by atoms with Crippen molar-refractivity contribution in [2.75, 3.05) is 20.1 Å². The Morgan fingerprint density at radius 1 is 1.43 bits per heavy atom. The summed E-state index contributed by atoms with van der Waals surface area (Å²) in [5.74, 6) is 0.721. The van der Waals surface area contributed by atoms with Crippen LogP contribution >= 0.6 is 0 Å². The van der Waals surface area contributed by atoms with Gasteiger partial charge in [-0.2, -0.15) is 0 Å². The van der Waals surface area contributed by atoms with E-state index in [4.69, 9.17) is 5.73 Å². The molecule has 0 spiro atoms. The van der Waals surface area contributed by atoms with Crippen LogP contribution in [-0.4, -0.2) is 25.0 Å². The molecule has 0 aromatic heterocycles. The van der Waals surface area contributed by atoms with Gasteiger partial charge in [-0.15, -0.1) is 0 Å². The molecule has 1 aliphatic rings. The predicted molar refractivity (Wildman–Crippen MR) is 59.3 cm³/mol. The van der Waals surface area contributed by atoms with Crippen LogP contribution in [0.3, 0.4) is 0 Å². The van der Waals surface area contributed by atoms with Gasteiger partial charge in [0.2, 0.25) is 0 Å². The monoisotopic (exact) mass is 190 g/mol. The lowest BCUT2D eigenvalue weighted by atomic mass is 9.90. The molecule has 2 nitrogen and oxygen atoms in total. The zero-order valence-electron chi connectivity index (χ0n) is 8.90. The van der Waals surface area contributed by atoms with Crippen LogP contribution < -0.4 is 5.73 Å². The van der Waals surface area contributed by atoms with E-state index in [0.29, 0.717) is 0 Å². The zero-order valence-corrected chi connectivity index (χ0v) is 8.90. The highest BCUT2D eigenvalue weighted by Crippen LogP contribution is 2.26. The third-order valence-corrected chi connectivity index (χ3v) is 2.97. The van der Waals surface area contributed by atoms with E-state index >= 15 is 0 Å². The Labute approximate surface area is 85.7 Å². The summed E-state index contributed by atoms with van der Waals surface area (Å²) in [4.78, 5) is 2.34. The first-order chi connectivity index (χ1) is 6.66.